The number of hydrogen-bond acceptors (Lipinski definition) is 4. The maximum atomic E-state index is 15.5. The van der Waals surface area contributed by atoms with Crippen molar-refractivity contribution in [2.45, 2.75) is 82.2 Å². The third-order valence-electron chi connectivity index (χ3n) is 7.33. The van der Waals surface area contributed by atoms with Crippen LogP contribution in [-0.4, -0.2) is 24.1 Å². The number of halogens is 1. The lowest BCUT2D eigenvalue weighted by Gasteiger charge is -2.57. The lowest BCUT2D eigenvalue weighted by molar-refractivity contribution is -0.183. The Labute approximate surface area is 154 Å². The van der Waals surface area contributed by atoms with Crippen LogP contribution in [0.4, 0.5) is 4.39 Å². The predicted molar refractivity (Wildman–Crippen MR) is 93.3 cm³/mol. The normalized spacial score (nSPS) is 39.5. The van der Waals surface area contributed by atoms with Gasteiger partial charge in [0.05, 0.1) is 5.92 Å². The fourth-order valence-corrected chi connectivity index (χ4v) is 7.38. The number of hydrogen-bond donors (Lipinski definition) is 1. The Bertz CT molecular complexity index is 634. The Hall–Kier alpha value is -0.690. The molecule has 1 atom stereocenters. The number of carbonyl (C=O) groups is 1. The molecule has 0 spiro atoms. The molecular weight excluding hydrogens is 359 g/mol. The Kier molecular flexibility index (Phi) is 4.62. The van der Waals surface area contributed by atoms with Crippen LogP contribution in [-0.2, 0) is 19.6 Å². The molecule has 5 nitrogen and oxygen atoms in total. The second-order valence-electron chi connectivity index (χ2n) is 9.49. The van der Waals surface area contributed by atoms with E-state index < -0.39 is 39.0 Å². The van der Waals surface area contributed by atoms with E-state index in [1.807, 2.05) is 0 Å². The summed E-state index contributed by atoms with van der Waals surface area (Å²) in [7, 11) is -5.15. The SMILES string of the molecule is O=C(OC(F)(CC12CC3CC(CC(C3)C1)C2)S(=O)(=O)O)C1CCCCC1. The average molecular weight is 389 g/mol. The Morgan fingerprint density at radius 3 is 2.00 bits per heavy atom. The van der Waals surface area contributed by atoms with Gasteiger partial charge in [0.1, 0.15) is 0 Å². The lowest BCUT2D eigenvalue weighted by atomic mass is 9.49. The van der Waals surface area contributed by atoms with Gasteiger partial charge in [0.2, 0.25) is 0 Å². The second kappa shape index (κ2) is 6.43. The fourth-order valence-electron chi connectivity index (χ4n) is 6.71. The van der Waals surface area contributed by atoms with Gasteiger partial charge in [-0.3, -0.25) is 9.35 Å². The van der Waals surface area contributed by atoms with Crippen molar-refractivity contribution < 1.29 is 26.9 Å². The van der Waals surface area contributed by atoms with Crippen molar-refractivity contribution in [1.29, 1.82) is 0 Å². The van der Waals surface area contributed by atoms with Gasteiger partial charge in [-0.05, 0) is 74.5 Å². The molecule has 0 aromatic carbocycles. The van der Waals surface area contributed by atoms with Crippen LogP contribution < -0.4 is 0 Å². The number of alkyl halides is 1. The van der Waals surface area contributed by atoms with Crippen molar-refractivity contribution in [3.8, 4) is 0 Å². The van der Waals surface area contributed by atoms with E-state index in [2.05, 4.69) is 0 Å². The largest absolute Gasteiger partial charge is 0.412 e. The highest BCUT2D eigenvalue weighted by atomic mass is 32.2. The first kappa shape index (κ1) is 18.7. The molecule has 4 bridgehead atoms. The molecule has 0 heterocycles. The molecule has 5 aliphatic carbocycles. The number of ether oxygens (including phenoxy) is 1. The highest BCUT2D eigenvalue weighted by Crippen LogP contribution is 2.63. The molecule has 5 aliphatic rings. The molecule has 1 N–H and O–H groups in total. The van der Waals surface area contributed by atoms with Gasteiger partial charge >= 0.3 is 21.3 Å². The Morgan fingerprint density at radius 1 is 1.04 bits per heavy atom. The molecule has 0 aliphatic heterocycles. The van der Waals surface area contributed by atoms with Crippen LogP contribution in [0.3, 0.4) is 0 Å². The third kappa shape index (κ3) is 3.41. The number of rotatable bonds is 5. The standard InChI is InChI=1S/C19H29FO5S/c20-19(26(22,23)24,25-17(21)16-4-2-1-3-5-16)12-18-9-13-6-14(10-18)8-15(7-13)11-18/h13-16H,1-12H2,(H,22,23,24). The molecule has 5 fully saturated rings. The molecule has 5 saturated carbocycles. The topological polar surface area (TPSA) is 80.7 Å². The van der Waals surface area contributed by atoms with E-state index in [0.717, 1.165) is 57.8 Å². The number of esters is 1. The van der Waals surface area contributed by atoms with E-state index in [1.54, 1.807) is 0 Å². The van der Waals surface area contributed by atoms with Crippen molar-refractivity contribution in [1.82, 2.24) is 0 Å². The smallest absolute Gasteiger partial charge is 0.377 e. The van der Waals surface area contributed by atoms with Crippen LogP contribution in [0.2, 0.25) is 0 Å². The van der Waals surface area contributed by atoms with E-state index in [1.165, 1.54) is 0 Å². The minimum atomic E-state index is -5.15. The molecule has 26 heavy (non-hydrogen) atoms. The van der Waals surface area contributed by atoms with Crippen molar-refractivity contribution in [3.63, 3.8) is 0 Å². The van der Waals surface area contributed by atoms with E-state index in [4.69, 9.17) is 4.74 Å². The molecule has 0 amide bonds. The molecule has 0 saturated heterocycles. The van der Waals surface area contributed by atoms with Gasteiger partial charge in [-0.15, -0.1) is 0 Å². The minimum Gasteiger partial charge on any atom is -0.412 e. The van der Waals surface area contributed by atoms with Crippen molar-refractivity contribution >= 4 is 16.1 Å². The fraction of sp³-hybridized carbons (Fsp3) is 0.947. The molecule has 1 unspecified atom stereocenters. The summed E-state index contributed by atoms with van der Waals surface area (Å²) < 4.78 is 53.9. The summed E-state index contributed by atoms with van der Waals surface area (Å²) in [6.07, 6.45) is 9.29. The van der Waals surface area contributed by atoms with Gasteiger partial charge in [0, 0.05) is 6.42 Å². The zero-order chi connectivity index (χ0) is 18.6. The summed E-state index contributed by atoms with van der Waals surface area (Å²) in [5.74, 6) is 0.273. The summed E-state index contributed by atoms with van der Waals surface area (Å²) in [6.45, 7) is 0. The zero-order valence-corrected chi connectivity index (χ0v) is 16.0. The monoisotopic (exact) mass is 388 g/mol. The third-order valence-corrected chi connectivity index (χ3v) is 8.33. The maximum absolute atomic E-state index is 15.5. The van der Waals surface area contributed by atoms with Crippen LogP contribution in [0.5, 0.6) is 0 Å². The first-order valence-corrected chi connectivity index (χ1v) is 11.5. The summed E-state index contributed by atoms with van der Waals surface area (Å²) in [6, 6.07) is 0. The van der Waals surface area contributed by atoms with E-state index in [-0.39, 0.29) is 0 Å². The molecule has 5 rings (SSSR count). The molecule has 0 radical (unpaired) electrons. The second-order valence-corrected chi connectivity index (χ2v) is 11.0. The molecule has 148 valence electrons. The summed E-state index contributed by atoms with van der Waals surface area (Å²) >= 11 is 0. The minimum absolute atomic E-state index is 0.416. The Balaban J connectivity index is 1.54. The van der Waals surface area contributed by atoms with Crippen molar-refractivity contribution in [3.05, 3.63) is 0 Å². The summed E-state index contributed by atoms with van der Waals surface area (Å²) in [4.78, 5) is 12.4. The zero-order valence-electron chi connectivity index (χ0n) is 15.2. The lowest BCUT2D eigenvalue weighted by Crippen LogP contribution is -2.52. The molecule has 0 aromatic heterocycles. The Morgan fingerprint density at radius 2 is 1.54 bits per heavy atom. The van der Waals surface area contributed by atoms with E-state index >= 15 is 4.39 Å². The van der Waals surface area contributed by atoms with Gasteiger partial charge < -0.3 is 4.74 Å². The first-order valence-electron chi connectivity index (χ1n) is 10.1. The van der Waals surface area contributed by atoms with Crippen LogP contribution in [0.15, 0.2) is 0 Å². The number of carbonyl (C=O) groups excluding carboxylic acids is 1. The van der Waals surface area contributed by atoms with Crippen LogP contribution >= 0.6 is 0 Å². The first-order chi connectivity index (χ1) is 12.2. The van der Waals surface area contributed by atoms with Gasteiger partial charge in [-0.25, -0.2) is 0 Å². The van der Waals surface area contributed by atoms with Crippen molar-refractivity contribution in [2.75, 3.05) is 0 Å². The van der Waals surface area contributed by atoms with Crippen LogP contribution in [0.1, 0.15) is 77.0 Å². The van der Waals surface area contributed by atoms with Gasteiger partial charge in [0.25, 0.3) is 0 Å². The van der Waals surface area contributed by atoms with Gasteiger partial charge in [-0.2, -0.15) is 12.8 Å². The quantitative estimate of drug-likeness (QED) is 0.563. The van der Waals surface area contributed by atoms with Crippen LogP contribution in [0.25, 0.3) is 0 Å². The highest BCUT2D eigenvalue weighted by Gasteiger charge is 2.59. The van der Waals surface area contributed by atoms with Gasteiger partial charge in [0.15, 0.2) is 0 Å². The van der Waals surface area contributed by atoms with E-state index in [9.17, 15) is 17.8 Å². The summed E-state index contributed by atoms with van der Waals surface area (Å²) in [5, 5.41) is -3.31. The molecular formula is C19H29FO5S. The highest BCUT2D eigenvalue weighted by molar-refractivity contribution is 7.86. The molecule has 0 aromatic rings. The maximum Gasteiger partial charge on any atom is 0.377 e. The molecule has 7 heteroatoms. The van der Waals surface area contributed by atoms with Crippen molar-refractivity contribution in [2.24, 2.45) is 29.1 Å². The van der Waals surface area contributed by atoms with Crippen LogP contribution in [0, 0.1) is 29.1 Å². The van der Waals surface area contributed by atoms with Gasteiger partial charge in [-0.1, -0.05) is 19.3 Å². The average Bonchev–Trinajstić information content (AvgIpc) is 2.52. The van der Waals surface area contributed by atoms with E-state index in [0.29, 0.717) is 30.6 Å². The summed E-state index contributed by atoms with van der Waals surface area (Å²) in [5.41, 5.74) is -0.466. The predicted octanol–water partition coefficient (Wildman–Crippen LogP) is 4.23.